The Kier molecular flexibility index (Phi) is 5.01. The van der Waals surface area contributed by atoms with Gasteiger partial charge in [0, 0.05) is 24.2 Å². The van der Waals surface area contributed by atoms with Crippen LogP contribution >= 0.6 is 0 Å². The molecule has 1 saturated heterocycles. The number of halogens is 1. The lowest BCUT2D eigenvalue weighted by Gasteiger charge is -2.14. The molecule has 1 atom stereocenters. The number of hydrogen-bond donors (Lipinski definition) is 1. The monoisotopic (exact) mass is 358 g/mol. The van der Waals surface area contributed by atoms with Gasteiger partial charge in [-0.3, -0.25) is 14.4 Å². The molecular weight excluding hydrogens is 339 g/mol. The van der Waals surface area contributed by atoms with Gasteiger partial charge in [0.2, 0.25) is 5.91 Å². The molecule has 8 heteroatoms. The molecule has 1 aliphatic heterocycles. The van der Waals surface area contributed by atoms with E-state index in [2.05, 4.69) is 17.0 Å². The van der Waals surface area contributed by atoms with Crippen LogP contribution < -0.4 is 10.2 Å². The van der Waals surface area contributed by atoms with Crippen LogP contribution in [-0.2, 0) is 16.1 Å². The third kappa shape index (κ3) is 3.74. The Bertz CT molecular complexity index is 849. The molecule has 1 aromatic carbocycles. The van der Waals surface area contributed by atoms with Gasteiger partial charge in [-0.2, -0.15) is 5.10 Å². The number of amides is 2. The van der Waals surface area contributed by atoms with Crippen molar-refractivity contribution in [2.75, 3.05) is 18.0 Å². The number of ether oxygens (including phenoxy) is 1. The second-order valence-electron chi connectivity index (χ2n) is 5.96. The fourth-order valence-electron chi connectivity index (χ4n) is 2.74. The van der Waals surface area contributed by atoms with Gasteiger partial charge in [-0.05, 0) is 18.2 Å². The smallest absolute Gasteiger partial charge is 0.414 e. The Labute approximate surface area is 150 Å². The van der Waals surface area contributed by atoms with E-state index in [-0.39, 0.29) is 19.0 Å². The summed E-state index contributed by atoms with van der Waals surface area (Å²) in [5.41, 5.74) is 1.44. The van der Waals surface area contributed by atoms with E-state index in [0.29, 0.717) is 23.4 Å². The van der Waals surface area contributed by atoms with E-state index in [1.807, 2.05) is 0 Å². The highest BCUT2D eigenvalue weighted by Crippen LogP contribution is 2.28. The Morgan fingerprint density at radius 1 is 1.54 bits per heavy atom. The normalized spacial score (nSPS) is 16.5. The van der Waals surface area contributed by atoms with Gasteiger partial charge in [-0.15, -0.1) is 6.58 Å². The molecule has 2 heterocycles. The van der Waals surface area contributed by atoms with Crippen molar-refractivity contribution in [2.45, 2.75) is 19.6 Å². The van der Waals surface area contributed by atoms with Gasteiger partial charge in [0.25, 0.3) is 0 Å². The summed E-state index contributed by atoms with van der Waals surface area (Å²) in [6.45, 7) is 6.03. The van der Waals surface area contributed by atoms with Gasteiger partial charge in [-0.25, -0.2) is 9.18 Å². The predicted molar refractivity (Wildman–Crippen MR) is 94.1 cm³/mol. The Morgan fingerprint density at radius 2 is 2.35 bits per heavy atom. The van der Waals surface area contributed by atoms with Crippen molar-refractivity contribution in [1.29, 1.82) is 0 Å². The summed E-state index contributed by atoms with van der Waals surface area (Å²) in [5.74, 6) is -0.661. The summed E-state index contributed by atoms with van der Waals surface area (Å²) in [6.07, 6.45) is 3.98. The van der Waals surface area contributed by atoms with Crippen LogP contribution in [0, 0.1) is 5.82 Å². The average Bonchev–Trinajstić information content (AvgIpc) is 3.20. The van der Waals surface area contributed by atoms with Crippen molar-refractivity contribution in [1.82, 2.24) is 15.1 Å². The van der Waals surface area contributed by atoms with E-state index in [0.717, 1.165) is 0 Å². The van der Waals surface area contributed by atoms with Crippen molar-refractivity contribution in [3.63, 3.8) is 0 Å². The topological polar surface area (TPSA) is 76.5 Å². The molecule has 2 aromatic rings. The third-order valence-electron chi connectivity index (χ3n) is 3.98. The Balaban J connectivity index is 1.75. The first-order valence-electron chi connectivity index (χ1n) is 8.14. The lowest BCUT2D eigenvalue weighted by molar-refractivity contribution is -0.119. The van der Waals surface area contributed by atoms with Crippen LogP contribution in [0.2, 0.25) is 0 Å². The third-order valence-corrected chi connectivity index (χ3v) is 3.98. The molecule has 1 fully saturated rings. The molecule has 26 heavy (non-hydrogen) atoms. The summed E-state index contributed by atoms with van der Waals surface area (Å²) >= 11 is 0. The Hall–Kier alpha value is -3.16. The lowest BCUT2D eigenvalue weighted by Crippen LogP contribution is -2.33. The highest BCUT2D eigenvalue weighted by Gasteiger charge is 2.32. The molecule has 136 valence electrons. The quantitative estimate of drug-likeness (QED) is 0.804. The number of cyclic esters (lactones) is 1. The minimum Gasteiger partial charge on any atom is -0.442 e. The van der Waals surface area contributed by atoms with Crippen molar-refractivity contribution in [3.8, 4) is 11.1 Å². The number of nitrogens with one attached hydrogen (secondary N) is 1. The number of rotatable bonds is 6. The first kappa shape index (κ1) is 17.7. The number of anilines is 1. The fourth-order valence-corrected chi connectivity index (χ4v) is 2.74. The van der Waals surface area contributed by atoms with Gasteiger partial charge < -0.3 is 10.1 Å². The number of hydrogen-bond acceptors (Lipinski definition) is 4. The number of carbonyl (C=O) groups is 2. The maximum Gasteiger partial charge on any atom is 0.414 e. The second-order valence-corrected chi connectivity index (χ2v) is 5.96. The van der Waals surface area contributed by atoms with Crippen LogP contribution in [0.3, 0.4) is 0 Å². The second kappa shape index (κ2) is 7.38. The van der Waals surface area contributed by atoms with Crippen molar-refractivity contribution in [2.24, 2.45) is 0 Å². The molecule has 3 rings (SSSR count). The zero-order valence-corrected chi connectivity index (χ0v) is 14.3. The summed E-state index contributed by atoms with van der Waals surface area (Å²) in [5, 5.41) is 6.74. The molecule has 0 unspecified atom stereocenters. The van der Waals surface area contributed by atoms with Crippen LogP contribution in [0.4, 0.5) is 14.9 Å². The largest absolute Gasteiger partial charge is 0.442 e. The van der Waals surface area contributed by atoms with Gasteiger partial charge in [0.05, 0.1) is 31.5 Å². The first-order chi connectivity index (χ1) is 12.5. The molecule has 2 amide bonds. The molecule has 1 N–H and O–H groups in total. The summed E-state index contributed by atoms with van der Waals surface area (Å²) < 4.78 is 21.4. The zero-order chi connectivity index (χ0) is 18.7. The van der Waals surface area contributed by atoms with Gasteiger partial charge in [-0.1, -0.05) is 6.08 Å². The van der Waals surface area contributed by atoms with Gasteiger partial charge >= 0.3 is 6.09 Å². The molecule has 1 aliphatic rings. The number of carbonyl (C=O) groups excluding carboxylic acids is 2. The van der Waals surface area contributed by atoms with Gasteiger partial charge in [0.1, 0.15) is 11.9 Å². The number of benzene rings is 1. The standard InChI is InChI=1S/C18H19FN4O3/c1-3-6-22-10-13(8-21-22)16-5-4-14(7-17(16)19)23-11-15(26-18(23)25)9-20-12(2)24/h3-5,7-8,10,15H,1,6,9,11H2,2H3,(H,20,24)/t15-/m0/s1. The SMILES string of the molecule is C=CCn1cc(-c2ccc(N3C[C@H](CNC(C)=O)OC3=O)cc2F)cn1. The van der Waals surface area contributed by atoms with Crippen LogP contribution in [0.5, 0.6) is 0 Å². The van der Waals surface area contributed by atoms with Crippen LogP contribution in [0.25, 0.3) is 11.1 Å². The summed E-state index contributed by atoms with van der Waals surface area (Å²) in [6, 6.07) is 4.56. The minimum atomic E-state index is -0.564. The van der Waals surface area contributed by atoms with E-state index >= 15 is 0 Å². The lowest BCUT2D eigenvalue weighted by atomic mass is 10.1. The number of nitrogens with zero attached hydrogens (tertiary/aromatic N) is 3. The van der Waals surface area contributed by atoms with E-state index in [1.54, 1.807) is 35.3 Å². The molecular formula is C18H19FN4O3. The number of allylic oxidation sites excluding steroid dienone is 1. The average molecular weight is 358 g/mol. The molecule has 0 saturated carbocycles. The van der Waals surface area contributed by atoms with Gasteiger partial charge in [0.15, 0.2) is 0 Å². The van der Waals surface area contributed by atoms with E-state index < -0.39 is 18.0 Å². The molecule has 0 aliphatic carbocycles. The van der Waals surface area contributed by atoms with E-state index in [9.17, 15) is 14.0 Å². The predicted octanol–water partition coefficient (Wildman–Crippen LogP) is 2.34. The molecule has 0 radical (unpaired) electrons. The summed E-state index contributed by atoms with van der Waals surface area (Å²) in [7, 11) is 0. The van der Waals surface area contributed by atoms with Crippen molar-refractivity contribution < 1.29 is 18.7 Å². The first-order valence-corrected chi connectivity index (χ1v) is 8.14. The van der Waals surface area contributed by atoms with Crippen LogP contribution in [-0.4, -0.2) is 41.0 Å². The molecule has 1 aromatic heterocycles. The summed E-state index contributed by atoms with van der Waals surface area (Å²) in [4.78, 5) is 24.3. The molecule has 7 nitrogen and oxygen atoms in total. The van der Waals surface area contributed by atoms with Crippen molar-refractivity contribution >= 4 is 17.7 Å². The maximum atomic E-state index is 14.6. The van der Waals surface area contributed by atoms with E-state index in [1.165, 1.54) is 17.9 Å². The molecule has 0 bridgehead atoms. The zero-order valence-electron chi connectivity index (χ0n) is 14.3. The highest BCUT2D eigenvalue weighted by molar-refractivity contribution is 5.90. The maximum absolute atomic E-state index is 14.6. The van der Waals surface area contributed by atoms with Crippen LogP contribution in [0.1, 0.15) is 6.92 Å². The minimum absolute atomic E-state index is 0.202. The molecule has 0 spiro atoms. The van der Waals surface area contributed by atoms with E-state index in [4.69, 9.17) is 4.74 Å². The van der Waals surface area contributed by atoms with Crippen LogP contribution in [0.15, 0.2) is 43.2 Å². The highest BCUT2D eigenvalue weighted by atomic mass is 19.1. The fraction of sp³-hybridized carbons (Fsp3) is 0.278. The Morgan fingerprint density at radius 3 is 3.04 bits per heavy atom. The number of aromatic nitrogens is 2. The van der Waals surface area contributed by atoms with Crippen molar-refractivity contribution in [3.05, 3.63) is 49.1 Å².